The summed E-state index contributed by atoms with van der Waals surface area (Å²) >= 11 is 0. The van der Waals surface area contributed by atoms with Crippen molar-refractivity contribution in [1.29, 1.82) is 0 Å². The first-order valence-electron chi connectivity index (χ1n) is 10.4. The van der Waals surface area contributed by atoms with Crippen molar-refractivity contribution in [2.24, 2.45) is 5.92 Å². The number of ether oxygens (including phenoxy) is 3. The van der Waals surface area contributed by atoms with E-state index in [9.17, 15) is 24.6 Å². The fourth-order valence-electron chi connectivity index (χ4n) is 4.23. The zero-order chi connectivity index (χ0) is 22.8. The van der Waals surface area contributed by atoms with Crippen molar-refractivity contribution in [2.75, 3.05) is 19.7 Å². The van der Waals surface area contributed by atoms with E-state index in [-0.39, 0.29) is 29.9 Å². The number of hydrogen-bond acceptors (Lipinski definition) is 9. The van der Waals surface area contributed by atoms with Crippen molar-refractivity contribution >= 4 is 17.9 Å². The van der Waals surface area contributed by atoms with Gasteiger partial charge in [0.05, 0.1) is 12.6 Å². The summed E-state index contributed by atoms with van der Waals surface area (Å²) in [7, 11) is 0. The van der Waals surface area contributed by atoms with Gasteiger partial charge in [0.25, 0.3) is 0 Å². The first-order valence-corrected chi connectivity index (χ1v) is 10.4. The van der Waals surface area contributed by atoms with Crippen molar-refractivity contribution < 1.29 is 38.8 Å². The van der Waals surface area contributed by atoms with Crippen LogP contribution in [0.1, 0.15) is 44.0 Å². The molecule has 0 aliphatic carbocycles. The Morgan fingerprint density at radius 2 is 1.90 bits per heavy atom. The highest BCUT2D eigenvalue weighted by atomic mass is 16.6. The summed E-state index contributed by atoms with van der Waals surface area (Å²) in [6, 6.07) is 6.10. The van der Waals surface area contributed by atoms with Gasteiger partial charge < -0.3 is 24.4 Å². The molecule has 1 aromatic carbocycles. The molecule has 0 radical (unpaired) electrons. The van der Waals surface area contributed by atoms with Crippen molar-refractivity contribution in [3.8, 4) is 5.75 Å². The smallest absolute Gasteiger partial charge is 0.342 e. The van der Waals surface area contributed by atoms with Crippen LogP contribution < -0.4 is 0 Å². The summed E-state index contributed by atoms with van der Waals surface area (Å²) in [5.41, 5.74) is -1.87. The van der Waals surface area contributed by atoms with Crippen molar-refractivity contribution in [1.82, 2.24) is 4.90 Å². The minimum absolute atomic E-state index is 0.0492. The summed E-state index contributed by atoms with van der Waals surface area (Å²) < 4.78 is 16.0. The van der Waals surface area contributed by atoms with Gasteiger partial charge in [-0.05, 0) is 45.4 Å². The minimum atomic E-state index is -1.98. The topological polar surface area (TPSA) is 123 Å². The monoisotopic (exact) mass is 435 g/mol. The van der Waals surface area contributed by atoms with Gasteiger partial charge >= 0.3 is 17.9 Å². The largest absolute Gasteiger partial charge is 0.507 e. The Hall–Kier alpha value is -2.65. The molecule has 2 aliphatic rings. The van der Waals surface area contributed by atoms with E-state index >= 15 is 0 Å². The standard InChI is InChI=1S/C22H29NO8/c1-13(30-14(2)24)22(3,28)21(27)29-12-15-8-10-23-11-9-18(19(15)23)31-20(26)16-6-4-5-7-17(16)25/h4-7,13,15,18-19,25,28H,8-12H2,1-3H3/t13-,15+,18+,19-,22+/m1/s1. The van der Waals surface area contributed by atoms with Gasteiger partial charge in [0.15, 0.2) is 5.60 Å². The molecule has 0 aromatic heterocycles. The number of fused-ring (bicyclic) bond motifs is 1. The molecule has 31 heavy (non-hydrogen) atoms. The molecule has 0 spiro atoms. The molecule has 1 aromatic rings. The van der Waals surface area contributed by atoms with Crippen molar-refractivity contribution in [3.63, 3.8) is 0 Å². The van der Waals surface area contributed by atoms with E-state index in [0.29, 0.717) is 6.42 Å². The summed E-state index contributed by atoms with van der Waals surface area (Å²) in [4.78, 5) is 38.3. The van der Waals surface area contributed by atoms with Gasteiger partial charge in [0.1, 0.15) is 23.5 Å². The number of phenolic OH excluding ortho intramolecular Hbond substituents is 1. The molecular formula is C22H29NO8. The number of hydrogen-bond donors (Lipinski definition) is 2. The summed E-state index contributed by atoms with van der Waals surface area (Å²) in [6.07, 6.45) is -0.0463. The lowest BCUT2D eigenvalue weighted by atomic mass is 9.96. The van der Waals surface area contributed by atoms with Gasteiger partial charge in [-0.1, -0.05) is 12.1 Å². The number of esters is 3. The quantitative estimate of drug-likeness (QED) is 0.481. The molecule has 0 amide bonds. The van der Waals surface area contributed by atoms with Crippen LogP contribution in [0.4, 0.5) is 0 Å². The Morgan fingerprint density at radius 3 is 2.58 bits per heavy atom. The predicted molar refractivity (Wildman–Crippen MR) is 108 cm³/mol. The Kier molecular flexibility index (Phi) is 6.86. The maximum absolute atomic E-state index is 12.5. The highest BCUT2D eigenvalue weighted by Gasteiger charge is 2.47. The molecule has 2 N–H and O–H groups in total. The fourth-order valence-corrected chi connectivity index (χ4v) is 4.23. The Balaban J connectivity index is 1.60. The first kappa shape index (κ1) is 23.0. The summed E-state index contributed by atoms with van der Waals surface area (Å²) in [6.45, 7) is 5.46. The molecule has 2 heterocycles. The highest BCUT2D eigenvalue weighted by Crippen LogP contribution is 2.36. The molecule has 9 heteroatoms. The molecule has 170 valence electrons. The number of carbonyl (C=O) groups excluding carboxylic acids is 3. The normalized spacial score (nSPS) is 25.9. The minimum Gasteiger partial charge on any atom is -0.507 e. The van der Waals surface area contributed by atoms with Crippen LogP contribution in [0.15, 0.2) is 24.3 Å². The van der Waals surface area contributed by atoms with Crippen LogP contribution in [0.3, 0.4) is 0 Å². The van der Waals surface area contributed by atoms with Crippen LogP contribution in [0.2, 0.25) is 0 Å². The van der Waals surface area contributed by atoms with E-state index in [1.165, 1.54) is 32.9 Å². The number of para-hydroxylation sites is 1. The SMILES string of the molecule is CC(=O)O[C@H](C)[C@](C)(O)C(=O)OC[C@@H]1CCN2CC[C@H](OC(=O)c3ccccc3O)[C@@H]12. The van der Waals surface area contributed by atoms with Crippen molar-refractivity contribution in [2.45, 2.75) is 57.5 Å². The van der Waals surface area contributed by atoms with Gasteiger partial charge in [0.2, 0.25) is 0 Å². The van der Waals surface area contributed by atoms with Gasteiger partial charge in [-0.2, -0.15) is 0 Å². The molecule has 0 bridgehead atoms. The molecule has 2 aliphatic heterocycles. The molecule has 2 saturated heterocycles. The highest BCUT2D eigenvalue weighted by molar-refractivity contribution is 5.92. The Labute approximate surface area is 180 Å². The fraction of sp³-hybridized carbons (Fsp3) is 0.591. The molecule has 2 fully saturated rings. The number of aromatic hydroxyl groups is 1. The number of aliphatic hydroxyl groups is 1. The van der Waals surface area contributed by atoms with Crippen LogP contribution >= 0.6 is 0 Å². The molecule has 5 atom stereocenters. The number of benzene rings is 1. The van der Waals surface area contributed by atoms with Gasteiger partial charge in [-0.15, -0.1) is 0 Å². The number of carbonyl (C=O) groups is 3. The van der Waals surface area contributed by atoms with E-state index in [2.05, 4.69) is 4.90 Å². The predicted octanol–water partition coefficient (Wildman–Crippen LogP) is 1.26. The zero-order valence-electron chi connectivity index (χ0n) is 17.9. The molecule has 0 saturated carbocycles. The summed E-state index contributed by atoms with van der Waals surface area (Å²) in [5.74, 6) is -2.28. The third-order valence-corrected chi connectivity index (χ3v) is 6.13. The molecule has 9 nitrogen and oxygen atoms in total. The lowest BCUT2D eigenvalue weighted by Gasteiger charge is -2.29. The zero-order valence-corrected chi connectivity index (χ0v) is 17.9. The Bertz CT molecular complexity index is 839. The van der Waals surface area contributed by atoms with Crippen LogP contribution in [0.5, 0.6) is 5.75 Å². The van der Waals surface area contributed by atoms with Crippen LogP contribution in [0, 0.1) is 5.92 Å². The second-order valence-corrected chi connectivity index (χ2v) is 8.32. The van der Waals surface area contributed by atoms with E-state index in [1.807, 2.05) is 0 Å². The van der Waals surface area contributed by atoms with Crippen LogP contribution in [0.25, 0.3) is 0 Å². The first-order chi connectivity index (χ1) is 14.6. The lowest BCUT2D eigenvalue weighted by Crippen LogP contribution is -2.49. The van der Waals surface area contributed by atoms with E-state index in [1.54, 1.807) is 12.1 Å². The van der Waals surface area contributed by atoms with Crippen molar-refractivity contribution in [3.05, 3.63) is 29.8 Å². The molecule has 0 unspecified atom stereocenters. The van der Waals surface area contributed by atoms with Crippen LogP contribution in [-0.2, 0) is 23.8 Å². The average Bonchev–Trinajstić information content (AvgIpc) is 3.29. The lowest BCUT2D eigenvalue weighted by molar-refractivity contribution is -0.183. The third kappa shape index (κ3) is 4.99. The molecule has 3 rings (SSSR count). The second kappa shape index (κ2) is 9.23. The van der Waals surface area contributed by atoms with E-state index < -0.39 is 35.7 Å². The number of nitrogens with zero attached hydrogens (tertiary/aromatic N) is 1. The molecular weight excluding hydrogens is 406 g/mol. The number of phenols is 1. The summed E-state index contributed by atoms with van der Waals surface area (Å²) in [5, 5.41) is 20.3. The number of rotatable bonds is 7. The van der Waals surface area contributed by atoms with E-state index in [4.69, 9.17) is 14.2 Å². The Morgan fingerprint density at radius 1 is 1.23 bits per heavy atom. The maximum Gasteiger partial charge on any atom is 0.342 e. The maximum atomic E-state index is 12.5. The van der Waals surface area contributed by atoms with Crippen LogP contribution in [-0.4, -0.2) is 76.6 Å². The van der Waals surface area contributed by atoms with Gasteiger partial charge in [-0.25, -0.2) is 9.59 Å². The van der Waals surface area contributed by atoms with E-state index in [0.717, 1.165) is 19.5 Å². The van der Waals surface area contributed by atoms with Gasteiger partial charge in [-0.3, -0.25) is 9.69 Å². The van der Waals surface area contributed by atoms with Gasteiger partial charge in [0, 0.05) is 19.4 Å². The second-order valence-electron chi connectivity index (χ2n) is 8.32. The average molecular weight is 435 g/mol. The third-order valence-electron chi connectivity index (χ3n) is 6.13.